The Morgan fingerprint density at radius 1 is 1.19 bits per heavy atom. The van der Waals surface area contributed by atoms with E-state index in [0.717, 1.165) is 12.1 Å². The van der Waals surface area contributed by atoms with Crippen molar-refractivity contribution in [3.63, 3.8) is 0 Å². The zero-order chi connectivity index (χ0) is 11.7. The van der Waals surface area contributed by atoms with Crippen molar-refractivity contribution >= 4 is 11.8 Å². The molecule has 0 radical (unpaired) electrons. The van der Waals surface area contributed by atoms with Gasteiger partial charge in [0.1, 0.15) is 11.6 Å². The van der Waals surface area contributed by atoms with Gasteiger partial charge in [-0.15, -0.1) is 0 Å². The van der Waals surface area contributed by atoms with Crippen molar-refractivity contribution < 1.29 is 18.4 Å². The van der Waals surface area contributed by atoms with Crippen LogP contribution in [-0.2, 0) is 9.59 Å². The van der Waals surface area contributed by atoms with Crippen LogP contribution >= 0.6 is 0 Å². The van der Waals surface area contributed by atoms with E-state index in [1.165, 1.54) is 6.07 Å². The lowest BCUT2D eigenvalue weighted by atomic mass is 10.0. The Labute approximate surface area is 89.6 Å². The van der Waals surface area contributed by atoms with Crippen LogP contribution in [0.4, 0.5) is 8.78 Å². The second-order valence-electron chi connectivity index (χ2n) is 3.40. The van der Waals surface area contributed by atoms with Gasteiger partial charge in [-0.25, -0.2) is 8.78 Å². The van der Waals surface area contributed by atoms with Gasteiger partial charge in [0.15, 0.2) is 0 Å². The molecule has 2 amide bonds. The normalized spacial score (nSPS) is 20.2. The fourth-order valence-corrected chi connectivity index (χ4v) is 1.52. The molecule has 1 aliphatic heterocycles. The first-order valence-corrected chi connectivity index (χ1v) is 4.61. The molecule has 0 saturated carbocycles. The van der Waals surface area contributed by atoms with Crippen LogP contribution in [0.3, 0.4) is 0 Å². The zero-order valence-electron chi connectivity index (χ0n) is 8.09. The molecule has 2 N–H and O–H groups in total. The van der Waals surface area contributed by atoms with Crippen LogP contribution < -0.4 is 10.6 Å². The molecule has 1 aromatic carbocycles. The minimum atomic E-state index is -0.819. The third kappa shape index (κ3) is 1.86. The van der Waals surface area contributed by atoms with Crippen LogP contribution in [0.25, 0.3) is 0 Å². The number of halogens is 2. The molecule has 1 aliphatic rings. The number of piperazine rings is 1. The Kier molecular flexibility index (Phi) is 2.55. The average Bonchev–Trinajstić information content (AvgIpc) is 2.22. The lowest BCUT2D eigenvalue weighted by molar-refractivity contribution is -0.141. The molecule has 2 rings (SSSR count). The summed E-state index contributed by atoms with van der Waals surface area (Å²) in [7, 11) is 0. The molecule has 1 fully saturated rings. The number of carbonyl (C=O) groups is 2. The lowest BCUT2D eigenvalue weighted by Crippen LogP contribution is -2.51. The lowest BCUT2D eigenvalue weighted by Gasteiger charge is -2.24. The van der Waals surface area contributed by atoms with Gasteiger partial charge in [-0.2, -0.15) is 0 Å². The van der Waals surface area contributed by atoms with E-state index >= 15 is 0 Å². The molecule has 16 heavy (non-hydrogen) atoms. The molecule has 1 atom stereocenters. The second-order valence-corrected chi connectivity index (χ2v) is 3.40. The first kappa shape index (κ1) is 10.5. The fraction of sp³-hybridized carbons (Fsp3) is 0.200. The molecule has 0 aromatic heterocycles. The summed E-state index contributed by atoms with van der Waals surface area (Å²) in [5.41, 5.74) is 0.148. The summed E-state index contributed by atoms with van der Waals surface area (Å²) in [4.78, 5) is 21.9. The smallest absolute Gasteiger partial charge is 0.309 e. The maximum Gasteiger partial charge on any atom is 0.309 e. The Balaban J connectivity index is 2.25. The fourth-order valence-electron chi connectivity index (χ4n) is 1.52. The minimum absolute atomic E-state index is 0.0904. The highest BCUT2D eigenvalue weighted by atomic mass is 19.1. The molecule has 0 aliphatic carbocycles. The zero-order valence-corrected chi connectivity index (χ0v) is 8.09. The van der Waals surface area contributed by atoms with Gasteiger partial charge in [0.05, 0.1) is 6.04 Å². The Morgan fingerprint density at radius 2 is 1.94 bits per heavy atom. The first-order chi connectivity index (χ1) is 7.58. The van der Waals surface area contributed by atoms with Crippen LogP contribution in [-0.4, -0.2) is 18.4 Å². The van der Waals surface area contributed by atoms with Gasteiger partial charge >= 0.3 is 11.8 Å². The van der Waals surface area contributed by atoms with Crippen molar-refractivity contribution in [2.24, 2.45) is 0 Å². The van der Waals surface area contributed by atoms with Crippen molar-refractivity contribution in [2.75, 3.05) is 6.54 Å². The summed E-state index contributed by atoms with van der Waals surface area (Å²) in [5, 5.41) is 4.64. The minimum Gasteiger partial charge on any atom is -0.345 e. The van der Waals surface area contributed by atoms with Crippen molar-refractivity contribution in [1.29, 1.82) is 0 Å². The number of rotatable bonds is 1. The third-order valence-electron chi connectivity index (χ3n) is 2.32. The summed E-state index contributed by atoms with van der Waals surface area (Å²) in [6.45, 7) is 0.0904. The summed E-state index contributed by atoms with van der Waals surface area (Å²) >= 11 is 0. The monoisotopic (exact) mass is 226 g/mol. The molecule has 84 valence electrons. The Morgan fingerprint density at radius 3 is 2.56 bits per heavy atom. The molecule has 0 bridgehead atoms. The summed E-state index contributed by atoms with van der Waals surface area (Å²) < 4.78 is 26.0. The van der Waals surface area contributed by atoms with Gasteiger partial charge in [0.25, 0.3) is 0 Å². The predicted molar refractivity (Wildman–Crippen MR) is 50.3 cm³/mol. The molecule has 0 spiro atoms. The Hall–Kier alpha value is -1.98. The maximum absolute atomic E-state index is 13.4. The maximum atomic E-state index is 13.4. The highest BCUT2D eigenvalue weighted by molar-refractivity contribution is 6.35. The van der Waals surface area contributed by atoms with Crippen LogP contribution in [0.15, 0.2) is 18.2 Å². The topological polar surface area (TPSA) is 58.2 Å². The number of carbonyl (C=O) groups excluding carboxylic acids is 2. The van der Waals surface area contributed by atoms with Crippen LogP contribution in [0.2, 0.25) is 0 Å². The van der Waals surface area contributed by atoms with Crippen molar-refractivity contribution in [1.82, 2.24) is 10.6 Å². The van der Waals surface area contributed by atoms with E-state index in [2.05, 4.69) is 10.6 Å². The highest BCUT2D eigenvalue weighted by Gasteiger charge is 2.27. The van der Waals surface area contributed by atoms with Crippen molar-refractivity contribution in [2.45, 2.75) is 6.04 Å². The van der Waals surface area contributed by atoms with E-state index in [1.54, 1.807) is 0 Å². The predicted octanol–water partition coefficient (Wildman–Crippen LogP) is 0.252. The number of hydrogen-bond acceptors (Lipinski definition) is 2. The van der Waals surface area contributed by atoms with Crippen molar-refractivity contribution in [3.05, 3.63) is 35.4 Å². The molecular formula is C10H8F2N2O2. The SMILES string of the molecule is O=C1NCC(c2ccc(F)cc2F)NC1=O. The van der Waals surface area contributed by atoms with Crippen LogP contribution in [0.5, 0.6) is 0 Å². The number of amides is 2. The van der Waals surface area contributed by atoms with E-state index in [4.69, 9.17) is 0 Å². The third-order valence-corrected chi connectivity index (χ3v) is 2.32. The largest absolute Gasteiger partial charge is 0.345 e. The van der Waals surface area contributed by atoms with Gasteiger partial charge in [-0.05, 0) is 6.07 Å². The van der Waals surface area contributed by atoms with E-state index in [0.29, 0.717) is 0 Å². The summed E-state index contributed by atoms with van der Waals surface area (Å²) in [6, 6.07) is 2.41. The Bertz CT molecular complexity index is 462. The molecule has 1 unspecified atom stereocenters. The standard InChI is InChI=1S/C10H8F2N2O2/c11-5-1-2-6(7(12)3-5)8-4-13-9(15)10(16)14-8/h1-3,8H,4H2,(H,13,15)(H,14,16). The van der Waals surface area contributed by atoms with E-state index in [9.17, 15) is 18.4 Å². The van der Waals surface area contributed by atoms with E-state index in [1.807, 2.05) is 0 Å². The van der Waals surface area contributed by atoms with Gasteiger partial charge in [-0.1, -0.05) is 6.07 Å². The molecular weight excluding hydrogens is 218 g/mol. The quantitative estimate of drug-likeness (QED) is 0.674. The average molecular weight is 226 g/mol. The molecule has 1 saturated heterocycles. The van der Waals surface area contributed by atoms with Gasteiger partial charge in [0.2, 0.25) is 0 Å². The van der Waals surface area contributed by atoms with Gasteiger partial charge in [0, 0.05) is 18.2 Å². The van der Waals surface area contributed by atoms with Crippen molar-refractivity contribution in [3.8, 4) is 0 Å². The van der Waals surface area contributed by atoms with Gasteiger partial charge < -0.3 is 10.6 Å². The first-order valence-electron chi connectivity index (χ1n) is 4.61. The van der Waals surface area contributed by atoms with E-state index in [-0.39, 0.29) is 12.1 Å². The molecule has 6 heteroatoms. The van der Waals surface area contributed by atoms with Crippen LogP contribution in [0.1, 0.15) is 11.6 Å². The number of nitrogens with one attached hydrogen (secondary N) is 2. The highest BCUT2D eigenvalue weighted by Crippen LogP contribution is 2.18. The molecule has 4 nitrogen and oxygen atoms in total. The molecule has 1 aromatic rings. The van der Waals surface area contributed by atoms with Gasteiger partial charge in [-0.3, -0.25) is 9.59 Å². The van der Waals surface area contributed by atoms with E-state index < -0.39 is 29.5 Å². The van der Waals surface area contributed by atoms with Crippen LogP contribution in [0, 0.1) is 11.6 Å². The second kappa shape index (κ2) is 3.88. The molecule has 1 heterocycles. The summed E-state index contributed by atoms with van der Waals surface area (Å²) in [5.74, 6) is -3.01. The number of benzene rings is 1. The number of hydrogen-bond donors (Lipinski definition) is 2. The summed E-state index contributed by atoms with van der Waals surface area (Å²) in [6.07, 6.45) is 0.